The molecule has 0 amide bonds. The number of rotatable bonds is 8. The number of oxazole rings is 1. The number of guanidine groups is 1. The van der Waals surface area contributed by atoms with Crippen LogP contribution in [0, 0.1) is 5.82 Å². The van der Waals surface area contributed by atoms with Crippen molar-refractivity contribution in [2.75, 3.05) is 26.7 Å². The Balaban J connectivity index is 1.38. The number of hydrogen-bond acceptors (Lipinski definition) is 4. The summed E-state index contributed by atoms with van der Waals surface area (Å²) in [6.45, 7) is 1.82. The molecule has 7 heteroatoms. The van der Waals surface area contributed by atoms with Crippen LogP contribution in [0.15, 0.2) is 70.3 Å². The van der Waals surface area contributed by atoms with Crippen molar-refractivity contribution in [2.24, 2.45) is 4.99 Å². The van der Waals surface area contributed by atoms with Crippen LogP contribution in [0.3, 0.4) is 0 Å². The number of ether oxygens (including phenoxy) is 1. The third kappa shape index (κ3) is 5.84. The van der Waals surface area contributed by atoms with Crippen LogP contribution in [0.25, 0.3) is 11.5 Å². The molecule has 1 aromatic heterocycles. The Kier molecular flexibility index (Phi) is 7.01. The predicted molar refractivity (Wildman–Crippen MR) is 107 cm³/mol. The first-order valence-corrected chi connectivity index (χ1v) is 9.07. The molecule has 3 rings (SSSR count). The highest BCUT2D eigenvalue weighted by Crippen LogP contribution is 2.18. The molecule has 2 N–H and O–H groups in total. The molecule has 1 heterocycles. The maximum Gasteiger partial charge on any atom is 0.226 e. The SMILES string of the molecule is CN=C(NCCOc1ccccc1)NCCc1coc(-c2ccc(F)cc2)n1. The van der Waals surface area contributed by atoms with Crippen LogP contribution in [0.4, 0.5) is 4.39 Å². The first-order valence-electron chi connectivity index (χ1n) is 9.07. The lowest BCUT2D eigenvalue weighted by Crippen LogP contribution is -2.40. The van der Waals surface area contributed by atoms with E-state index < -0.39 is 0 Å². The summed E-state index contributed by atoms with van der Waals surface area (Å²) in [5, 5.41) is 6.42. The molecule has 2 aromatic carbocycles. The van der Waals surface area contributed by atoms with E-state index in [0.717, 1.165) is 17.0 Å². The zero-order valence-corrected chi connectivity index (χ0v) is 15.7. The number of aromatic nitrogens is 1. The van der Waals surface area contributed by atoms with E-state index in [1.807, 2.05) is 30.3 Å². The Labute approximate surface area is 163 Å². The summed E-state index contributed by atoms with van der Waals surface area (Å²) >= 11 is 0. The minimum absolute atomic E-state index is 0.284. The second-order valence-electron chi connectivity index (χ2n) is 5.99. The van der Waals surface area contributed by atoms with Crippen LogP contribution in [-0.2, 0) is 6.42 Å². The second kappa shape index (κ2) is 10.1. The van der Waals surface area contributed by atoms with Gasteiger partial charge in [-0.05, 0) is 36.4 Å². The number of benzene rings is 2. The minimum Gasteiger partial charge on any atom is -0.492 e. The van der Waals surface area contributed by atoms with Crippen molar-refractivity contribution in [3.63, 3.8) is 0 Å². The molecule has 0 saturated carbocycles. The van der Waals surface area contributed by atoms with Gasteiger partial charge in [-0.25, -0.2) is 9.37 Å². The zero-order chi connectivity index (χ0) is 19.6. The van der Waals surface area contributed by atoms with Crippen molar-refractivity contribution >= 4 is 5.96 Å². The molecular weight excluding hydrogens is 359 g/mol. The van der Waals surface area contributed by atoms with E-state index in [-0.39, 0.29) is 5.82 Å². The first-order chi connectivity index (χ1) is 13.7. The van der Waals surface area contributed by atoms with Gasteiger partial charge in [-0.3, -0.25) is 4.99 Å². The fraction of sp³-hybridized carbons (Fsp3) is 0.238. The minimum atomic E-state index is -0.284. The smallest absolute Gasteiger partial charge is 0.226 e. The first kappa shape index (κ1) is 19.4. The predicted octanol–water partition coefficient (Wildman–Crippen LogP) is 3.27. The van der Waals surface area contributed by atoms with E-state index in [9.17, 15) is 4.39 Å². The van der Waals surface area contributed by atoms with E-state index in [0.29, 0.717) is 38.0 Å². The molecular formula is C21H23FN4O2. The van der Waals surface area contributed by atoms with Gasteiger partial charge in [-0.1, -0.05) is 18.2 Å². The van der Waals surface area contributed by atoms with Gasteiger partial charge in [0.25, 0.3) is 0 Å². The van der Waals surface area contributed by atoms with Gasteiger partial charge in [-0.2, -0.15) is 0 Å². The molecule has 0 bridgehead atoms. The number of aliphatic imine (C=N–C) groups is 1. The van der Waals surface area contributed by atoms with Gasteiger partial charge in [0.1, 0.15) is 24.4 Å². The van der Waals surface area contributed by atoms with Crippen molar-refractivity contribution in [1.29, 1.82) is 0 Å². The van der Waals surface area contributed by atoms with Crippen molar-refractivity contribution in [1.82, 2.24) is 15.6 Å². The molecule has 146 valence electrons. The fourth-order valence-electron chi connectivity index (χ4n) is 2.53. The monoisotopic (exact) mass is 382 g/mol. The van der Waals surface area contributed by atoms with E-state index >= 15 is 0 Å². The van der Waals surface area contributed by atoms with E-state index in [1.165, 1.54) is 12.1 Å². The molecule has 0 saturated heterocycles. The molecule has 6 nitrogen and oxygen atoms in total. The summed E-state index contributed by atoms with van der Waals surface area (Å²) in [5.74, 6) is 1.73. The van der Waals surface area contributed by atoms with E-state index in [2.05, 4.69) is 20.6 Å². The third-order valence-electron chi connectivity index (χ3n) is 3.95. The number of halogens is 1. The Morgan fingerprint density at radius 3 is 2.57 bits per heavy atom. The molecule has 0 fully saturated rings. The van der Waals surface area contributed by atoms with Crippen molar-refractivity contribution in [2.45, 2.75) is 6.42 Å². The quantitative estimate of drug-likeness (QED) is 0.355. The number of para-hydroxylation sites is 1. The summed E-state index contributed by atoms with van der Waals surface area (Å²) < 4.78 is 24.1. The van der Waals surface area contributed by atoms with Gasteiger partial charge in [0.15, 0.2) is 5.96 Å². The molecule has 0 atom stereocenters. The van der Waals surface area contributed by atoms with Gasteiger partial charge < -0.3 is 19.8 Å². The highest BCUT2D eigenvalue weighted by Gasteiger charge is 2.07. The Hall–Kier alpha value is -3.35. The maximum atomic E-state index is 13.0. The third-order valence-corrected chi connectivity index (χ3v) is 3.95. The zero-order valence-electron chi connectivity index (χ0n) is 15.7. The van der Waals surface area contributed by atoms with Crippen molar-refractivity contribution in [3.05, 3.63) is 72.4 Å². The van der Waals surface area contributed by atoms with Crippen LogP contribution >= 0.6 is 0 Å². The highest BCUT2D eigenvalue weighted by molar-refractivity contribution is 5.79. The average Bonchev–Trinajstić information content (AvgIpc) is 3.20. The second-order valence-corrected chi connectivity index (χ2v) is 5.99. The number of nitrogens with one attached hydrogen (secondary N) is 2. The molecule has 0 unspecified atom stereocenters. The van der Waals surface area contributed by atoms with Crippen molar-refractivity contribution in [3.8, 4) is 17.2 Å². The summed E-state index contributed by atoms with van der Waals surface area (Å²) in [6.07, 6.45) is 2.29. The van der Waals surface area contributed by atoms with Crippen LogP contribution in [0.1, 0.15) is 5.69 Å². The van der Waals surface area contributed by atoms with Gasteiger partial charge in [0.05, 0.1) is 12.2 Å². The lowest BCUT2D eigenvalue weighted by Gasteiger charge is -2.12. The summed E-state index contributed by atoms with van der Waals surface area (Å²) in [5.41, 5.74) is 1.56. The van der Waals surface area contributed by atoms with Crippen LogP contribution in [0.2, 0.25) is 0 Å². The normalized spacial score (nSPS) is 11.3. The van der Waals surface area contributed by atoms with E-state index in [1.54, 1.807) is 25.4 Å². The number of nitrogens with zero attached hydrogens (tertiary/aromatic N) is 2. The average molecular weight is 382 g/mol. The van der Waals surface area contributed by atoms with Crippen LogP contribution in [-0.4, -0.2) is 37.7 Å². The summed E-state index contributed by atoms with van der Waals surface area (Å²) in [4.78, 5) is 8.62. The van der Waals surface area contributed by atoms with Crippen molar-refractivity contribution < 1.29 is 13.5 Å². The topological polar surface area (TPSA) is 71.7 Å². The summed E-state index contributed by atoms with van der Waals surface area (Å²) in [7, 11) is 1.72. The summed E-state index contributed by atoms with van der Waals surface area (Å²) in [6, 6.07) is 15.7. The van der Waals surface area contributed by atoms with Gasteiger partial charge in [0.2, 0.25) is 5.89 Å². The van der Waals surface area contributed by atoms with Gasteiger partial charge in [-0.15, -0.1) is 0 Å². The van der Waals surface area contributed by atoms with Gasteiger partial charge >= 0.3 is 0 Å². The highest BCUT2D eigenvalue weighted by atomic mass is 19.1. The standard InChI is InChI=1S/C21H23FN4O2/c1-23-21(25-13-14-27-19-5-3-2-4-6-19)24-12-11-18-15-28-20(26-18)16-7-9-17(22)10-8-16/h2-10,15H,11-14H2,1H3,(H2,23,24,25). The van der Waals surface area contributed by atoms with Crippen LogP contribution in [0.5, 0.6) is 5.75 Å². The number of hydrogen-bond donors (Lipinski definition) is 2. The Bertz CT molecular complexity index is 879. The largest absolute Gasteiger partial charge is 0.492 e. The molecule has 3 aromatic rings. The Morgan fingerprint density at radius 2 is 1.82 bits per heavy atom. The van der Waals surface area contributed by atoms with Crippen LogP contribution < -0.4 is 15.4 Å². The molecule has 0 aliphatic carbocycles. The molecule has 0 aliphatic rings. The molecule has 28 heavy (non-hydrogen) atoms. The lowest BCUT2D eigenvalue weighted by atomic mass is 10.2. The van der Waals surface area contributed by atoms with E-state index in [4.69, 9.17) is 9.15 Å². The lowest BCUT2D eigenvalue weighted by molar-refractivity contribution is 0.322. The molecule has 0 aliphatic heterocycles. The fourth-order valence-corrected chi connectivity index (χ4v) is 2.53. The molecule has 0 radical (unpaired) electrons. The molecule has 0 spiro atoms. The Morgan fingerprint density at radius 1 is 1.07 bits per heavy atom. The van der Waals surface area contributed by atoms with Gasteiger partial charge in [0, 0.05) is 25.6 Å². The maximum absolute atomic E-state index is 13.0.